The zero-order valence-electron chi connectivity index (χ0n) is 21.8. The third kappa shape index (κ3) is 6.21. The molecule has 1 aliphatic carbocycles. The number of hydrogen-bond donors (Lipinski definition) is 1. The number of rotatable bonds is 11. The van der Waals surface area contributed by atoms with Crippen LogP contribution in [0.15, 0.2) is 48.5 Å². The van der Waals surface area contributed by atoms with Crippen molar-refractivity contribution < 1.29 is 23.1 Å². The van der Waals surface area contributed by atoms with E-state index in [-0.39, 0.29) is 35.7 Å². The van der Waals surface area contributed by atoms with E-state index in [4.69, 9.17) is 23.2 Å². The number of aliphatic carboxylic acids is 1. The fraction of sp³-hybridized carbons (Fsp3) is 0.517. The lowest BCUT2D eigenvalue weighted by molar-refractivity contribution is -0.162. The van der Waals surface area contributed by atoms with Crippen LogP contribution in [0.3, 0.4) is 0 Å². The molecule has 0 spiro atoms. The number of benzene rings is 2. The van der Waals surface area contributed by atoms with Gasteiger partial charge in [0.2, 0.25) is 5.91 Å². The molecule has 4 atom stereocenters. The molecule has 1 N–H and O–H groups in total. The molecule has 0 bridgehead atoms. The van der Waals surface area contributed by atoms with Crippen molar-refractivity contribution >= 4 is 44.9 Å². The lowest BCUT2D eigenvalue weighted by Gasteiger charge is -2.53. The highest BCUT2D eigenvalue weighted by Crippen LogP contribution is 2.55. The van der Waals surface area contributed by atoms with Gasteiger partial charge < -0.3 is 10.0 Å². The first-order valence-electron chi connectivity index (χ1n) is 13.3. The summed E-state index contributed by atoms with van der Waals surface area (Å²) < 4.78 is 26.3. The number of carboxylic acid groups (broad SMARTS) is 1. The van der Waals surface area contributed by atoms with Crippen molar-refractivity contribution in [3.05, 3.63) is 69.7 Å². The fourth-order valence-electron chi connectivity index (χ4n) is 6.10. The van der Waals surface area contributed by atoms with Gasteiger partial charge in [-0.25, -0.2) is 8.42 Å². The van der Waals surface area contributed by atoms with Crippen molar-refractivity contribution in [1.82, 2.24) is 4.90 Å². The molecule has 1 heterocycles. The Balaban J connectivity index is 1.94. The largest absolute Gasteiger partial charge is 0.481 e. The number of amides is 1. The summed E-state index contributed by atoms with van der Waals surface area (Å²) >= 11 is 12.6. The van der Waals surface area contributed by atoms with Gasteiger partial charge in [-0.2, -0.15) is 0 Å². The second-order valence-corrected chi connectivity index (χ2v) is 13.9. The standard InChI is InChI=1S/C29H35Cl2NO5S/c1-3-14-38(36,37)18-25(19-8-9-19)32-27(20-10-12-22(30)13-11-20)24(21-6-5-7-23(31)15-21)16-29(4-2,28(32)35)17-26(33)34/h5-7,10-13,15,19,24-25,27H,3-4,8-9,14,16-18H2,1-2H3,(H,33,34). The van der Waals surface area contributed by atoms with Crippen LogP contribution in [0.5, 0.6) is 0 Å². The maximum Gasteiger partial charge on any atom is 0.304 e. The molecule has 2 aromatic rings. The van der Waals surface area contributed by atoms with Gasteiger partial charge in [0.15, 0.2) is 9.84 Å². The molecule has 9 heteroatoms. The average molecular weight is 581 g/mol. The maximum atomic E-state index is 14.5. The van der Waals surface area contributed by atoms with Crippen LogP contribution >= 0.6 is 23.2 Å². The summed E-state index contributed by atoms with van der Waals surface area (Å²) in [5.74, 6) is -1.63. The molecule has 206 valence electrons. The van der Waals surface area contributed by atoms with Crippen LogP contribution in [0.4, 0.5) is 0 Å². The first-order valence-corrected chi connectivity index (χ1v) is 15.8. The van der Waals surface area contributed by atoms with Crippen molar-refractivity contribution in [3.63, 3.8) is 0 Å². The van der Waals surface area contributed by atoms with E-state index in [0.717, 1.165) is 24.0 Å². The third-order valence-electron chi connectivity index (χ3n) is 8.10. The Hall–Kier alpha value is -2.09. The topological polar surface area (TPSA) is 91.8 Å². The summed E-state index contributed by atoms with van der Waals surface area (Å²) in [6, 6.07) is 13.7. The van der Waals surface area contributed by atoms with Crippen LogP contribution in [-0.4, -0.2) is 47.8 Å². The zero-order chi connectivity index (χ0) is 27.7. The van der Waals surface area contributed by atoms with Crippen LogP contribution in [-0.2, 0) is 19.4 Å². The molecule has 1 aliphatic heterocycles. The first-order chi connectivity index (χ1) is 18.0. The van der Waals surface area contributed by atoms with Crippen LogP contribution in [0, 0.1) is 11.3 Å². The minimum Gasteiger partial charge on any atom is -0.481 e. The van der Waals surface area contributed by atoms with Crippen molar-refractivity contribution in [1.29, 1.82) is 0 Å². The van der Waals surface area contributed by atoms with E-state index in [2.05, 4.69) is 0 Å². The van der Waals surface area contributed by atoms with Crippen molar-refractivity contribution in [3.8, 4) is 0 Å². The van der Waals surface area contributed by atoms with E-state index in [0.29, 0.717) is 29.3 Å². The molecule has 0 radical (unpaired) electrons. The zero-order valence-corrected chi connectivity index (χ0v) is 24.1. The van der Waals surface area contributed by atoms with Gasteiger partial charge >= 0.3 is 5.97 Å². The molecule has 0 aromatic heterocycles. The Morgan fingerprint density at radius 3 is 2.32 bits per heavy atom. The van der Waals surface area contributed by atoms with Gasteiger partial charge in [0.1, 0.15) is 0 Å². The summed E-state index contributed by atoms with van der Waals surface area (Å²) in [4.78, 5) is 28.4. The number of hydrogen-bond acceptors (Lipinski definition) is 4. The summed E-state index contributed by atoms with van der Waals surface area (Å²) in [5, 5.41) is 11.0. The number of likely N-dealkylation sites (tertiary alicyclic amines) is 1. The summed E-state index contributed by atoms with van der Waals surface area (Å²) in [7, 11) is -3.43. The van der Waals surface area contributed by atoms with E-state index in [1.165, 1.54) is 0 Å². The average Bonchev–Trinajstić information content (AvgIpc) is 3.69. The lowest BCUT2D eigenvalue weighted by Crippen LogP contribution is -2.59. The molecule has 38 heavy (non-hydrogen) atoms. The second-order valence-electron chi connectivity index (χ2n) is 10.8. The summed E-state index contributed by atoms with van der Waals surface area (Å²) in [6.07, 6.45) is 2.50. The number of nitrogens with zero attached hydrogens (tertiary/aromatic N) is 1. The number of sulfone groups is 1. The third-order valence-corrected chi connectivity index (χ3v) is 10.5. The predicted octanol–water partition coefficient (Wildman–Crippen LogP) is 6.53. The van der Waals surface area contributed by atoms with Gasteiger partial charge in [-0.15, -0.1) is 0 Å². The monoisotopic (exact) mass is 579 g/mol. The minimum absolute atomic E-state index is 0.0512. The van der Waals surface area contributed by atoms with Gasteiger partial charge in [-0.05, 0) is 73.4 Å². The van der Waals surface area contributed by atoms with E-state index in [1.807, 2.05) is 44.2 Å². The smallest absolute Gasteiger partial charge is 0.304 e. The molecule has 1 amide bonds. The number of carbonyl (C=O) groups is 2. The molecular weight excluding hydrogens is 545 g/mol. The van der Waals surface area contributed by atoms with Gasteiger partial charge in [-0.1, -0.05) is 61.3 Å². The molecule has 2 fully saturated rings. The lowest BCUT2D eigenvalue weighted by atomic mass is 9.65. The Kier molecular flexibility index (Phi) is 8.80. The Morgan fingerprint density at radius 2 is 1.76 bits per heavy atom. The predicted molar refractivity (Wildman–Crippen MR) is 150 cm³/mol. The molecule has 4 unspecified atom stereocenters. The van der Waals surface area contributed by atoms with E-state index < -0.39 is 33.3 Å². The van der Waals surface area contributed by atoms with Crippen LogP contribution < -0.4 is 0 Å². The van der Waals surface area contributed by atoms with Gasteiger partial charge in [-0.3, -0.25) is 9.59 Å². The van der Waals surface area contributed by atoms with E-state index >= 15 is 0 Å². The number of carbonyl (C=O) groups excluding carboxylic acids is 1. The molecule has 2 aromatic carbocycles. The molecule has 1 saturated heterocycles. The SMILES string of the molecule is CCCS(=O)(=O)CC(C1CC1)N1C(=O)C(CC)(CC(=O)O)CC(c2cccc(Cl)c2)C1c1ccc(Cl)cc1. The van der Waals surface area contributed by atoms with Crippen LogP contribution in [0.1, 0.15) is 75.5 Å². The first kappa shape index (κ1) is 28.9. The highest BCUT2D eigenvalue weighted by atomic mass is 35.5. The molecule has 1 saturated carbocycles. The van der Waals surface area contributed by atoms with Crippen LogP contribution in [0.25, 0.3) is 0 Å². The Labute approximate surface area is 235 Å². The van der Waals surface area contributed by atoms with E-state index in [1.54, 1.807) is 23.1 Å². The van der Waals surface area contributed by atoms with Crippen LogP contribution in [0.2, 0.25) is 10.0 Å². The summed E-state index contributed by atoms with van der Waals surface area (Å²) in [6.45, 7) is 3.67. The molecule has 4 rings (SSSR count). The number of carboxylic acids is 1. The highest BCUT2D eigenvalue weighted by molar-refractivity contribution is 7.91. The molecular formula is C29H35Cl2NO5S. The van der Waals surface area contributed by atoms with E-state index in [9.17, 15) is 23.1 Å². The van der Waals surface area contributed by atoms with Gasteiger partial charge in [0, 0.05) is 27.8 Å². The molecule has 6 nitrogen and oxygen atoms in total. The Morgan fingerprint density at radius 1 is 1.08 bits per heavy atom. The molecule has 2 aliphatic rings. The van der Waals surface area contributed by atoms with Gasteiger partial charge in [0.25, 0.3) is 0 Å². The van der Waals surface area contributed by atoms with Crippen molar-refractivity contribution in [2.24, 2.45) is 11.3 Å². The van der Waals surface area contributed by atoms with Crippen molar-refractivity contribution in [2.45, 2.75) is 70.4 Å². The normalized spacial score (nSPS) is 24.8. The number of piperidine rings is 1. The van der Waals surface area contributed by atoms with Gasteiger partial charge in [0.05, 0.1) is 23.6 Å². The highest BCUT2D eigenvalue weighted by Gasteiger charge is 2.56. The fourth-order valence-corrected chi connectivity index (χ4v) is 8.16. The number of halogens is 2. The summed E-state index contributed by atoms with van der Waals surface area (Å²) in [5.41, 5.74) is 0.569. The maximum absolute atomic E-state index is 14.5. The quantitative estimate of drug-likeness (QED) is 0.327. The second kappa shape index (κ2) is 11.6. The minimum atomic E-state index is -3.43. The van der Waals surface area contributed by atoms with Crippen molar-refractivity contribution in [2.75, 3.05) is 11.5 Å². The Bertz CT molecular complexity index is 1280.